The molecule has 0 atom stereocenters. The number of hydrogen-bond acceptors (Lipinski definition) is 2. The van der Waals surface area contributed by atoms with Crippen molar-refractivity contribution in [2.75, 3.05) is 13.1 Å². The highest BCUT2D eigenvalue weighted by atomic mass is 16.2. The molecule has 3 rings (SSSR count). The van der Waals surface area contributed by atoms with Gasteiger partial charge in [-0.15, -0.1) is 0 Å². The van der Waals surface area contributed by atoms with Gasteiger partial charge >= 0.3 is 6.03 Å². The summed E-state index contributed by atoms with van der Waals surface area (Å²) in [6.45, 7) is 1.59. The maximum Gasteiger partial charge on any atom is 0.315 e. The van der Waals surface area contributed by atoms with Gasteiger partial charge in [0.05, 0.1) is 0 Å². The van der Waals surface area contributed by atoms with Crippen molar-refractivity contribution in [3.63, 3.8) is 0 Å². The van der Waals surface area contributed by atoms with E-state index in [1.54, 1.807) is 0 Å². The van der Waals surface area contributed by atoms with E-state index >= 15 is 0 Å². The molecule has 1 saturated heterocycles. The zero-order chi connectivity index (χ0) is 14.7. The molecule has 0 aromatic rings. The topological polar surface area (TPSA) is 61.4 Å². The van der Waals surface area contributed by atoms with Crippen molar-refractivity contribution in [2.45, 2.75) is 69.9 Å². The van der Waals surface area contributed by atoms with Crippen LogP contribution in [0.4, 0.5) is 4.79 Å². The molecular weight excluding hydrogens is 266 g/mol. The van der Waals surface area contributed by atoms with E-state index in [0.29, 0.717) is 17.9 Å². The van der Waals surface area contributed by atoms with E-state index in [0.717, 1.165) is 51.6 Å². The molecule has 3 fully saturated rings. The molecule has 21 heavy (non-hydrogen) atoms. The van der Waals surface area contributed by atoms with E-state index in [1.165, 1.54) is 19.3 Å². The molecule has 1 heterocycles. The summed E-state index contributed by atoms with van der Waals surface area (Å²) in [7, 11) is 0. The van der Waals surface area contributed by atoms with Gasteiger partial charge in [-0.25, -0.2) is 4.79 Å². The summed E-state index contributed by atoms with van der Waals surface area (Å²) in [4.78, 5) is 26.1. The van der Waals surface area contributed by atoms with Crippen molar-refractivity contribution >= 4 is 11.9 Å². The van der Waals surface area contributed by atoms with Gasteiger partial charge in [-0.05, 0) is 38.5 Å². The minimum Gasteiger partial charge on any atom is -0.342 e. The van der Waals surface area contributed by atoms with Gasteiger partial charge < -0.3 is 15.5 Å². The molecule has 0 aromatic heterocycles. The van der Waals surface area contributed by atoms with Crippen LogP contribution in [0.25, 0.3) is 0 Å². The minimum absolute atomic E-state index is 0.0225. The molecule has 5 heteroatoms. The third-order valence-corrected chi connectivity index (χ3v) is 5.29. The Labute approximate surface area is 126 Å². The fraction of sp³-hybridized carbons (Fsp3) is 0.875. The first kappa shape index (κ1) is 14.7. The number of carbonyl (C=O) groups excluding carboxylic acids is 2. The monoisotopic (exact) mass is 293 g/mol. The molecule has 0 bridgehead atoms. The lowest BCUT2D eigenvalue weighted by Gasteiger charge is -2.36. The minimum atomic E-state index is -0.0225. The first-order valence-corrected chi connectivity index (χ1v) is 8.58. The molecular formula is C16H27N3O2. The molecule has 2 N–H and O–H groups in total. The van der Waals surface area contributed by atoms with E-state index in [-0.39, 0.29) is 12.1 Å². The molecule has 118 valence electrons. The zero-order valence-corrected chi connectivity index (χ0v) is 12.8. The lowest BCUT2D eigenvalue weighted by molar-refractivity contribution is -0.139. The van der Waals surface area contributed by atoms with Crippen LogP contribution >= 0.6 is 0 Å². The van der Waals surface area contributed by atoms with E-state index in [9.17, 15) is 9.59 Å². The Morgan fingerprint density at radius 1 is 0.762 bits per heavy atom. The summed E-state index contributed by atoms with van der Waals surface area (Å²) in [6, 6.07) is 0.563. The Morgan fingerprint density at radius 3 is 1.86 bits per heavy atom. The number of piperidine rings is 1. The smallest absolute Gasteiger partial charge is 0.315 e. The molecule has 0 spiro atoms. The van der Waals surface area contributed by atoms with Gasteiger partial charge in [-0.3, -0.25) is 4.79 Å². The van der Waals surface area contributed by atoms with Gasteiger partial charge in [0.25, 0.3) is 0 Å². The SMILES string of the molecule is O=C(NC1CCCC1)NC1CCN(C(=O)C2CCC2)CC1. The second-order valence-electron chi connectivity index (χ2n) is 6.83. The third-order valence-electron chi connectivity index (χ3n) is 5.29. The summed E-state index contributed by atoms with van der Waals surface area (Å²) in [5.41, 5.74) is 0. The first-order chi connectivity index (χ1) is 10.2. The highest BCUT2D eigenvalue weighted by molar-refractivity contribution is 5.79. The molecule has 3 aliphatic rings. The van der Waals surface area contributed by atoms with E-state index in [1.807, 2.05) is 4.90 Å². The Bertz CT molecular complexity index is 381. The van der Waals surface area contributed by atoms with Crippen molar-refractivity contribution in [1.82, 2.24) is 15.5 Å². The summed E-state index contributed by atoms with van der Waals surface area (Å²) in [6.07, 6.45) is 9.80. The highest BCUT2D eigenvalue weighted by Crippen LogP contribution is 2.29. The van der Waals surface area contributed by atoms with Crippen LogP contribution in [-0.2, 0) is 4.79 Å². The van der Waals surface area contributed by atoms with Gasteiger partial charge in [-0.2, -0.15) is 0 Å². The predicted octanol–water partition coefficient (Wildman–Crippen LogP) is 2.02. The second kappa shape index (κ2) is 6.67. The second-order valence-corrected chi connectivity index (χ2v) is 6.83. The Kier molecular flexibility index (Phi) is 4.66. The molecule has 3 amide bonds. The largest absolute Gasteiger partial charge is 0.342 e. The van der Waals surface area contributed by atoms with Crippen LogP contribution in [0.5, 0.6) is 0 Å². The van der Waals surface area contributed by atoms with Crippen molar-refractivity contribution in [3.8, 4) is 0 Å². The van der Waals surface area contributed by atoms with Crippen LogP contribution in [0.15, 0.2) is 0 Å². The first-order valence-electron chi connectivity index (χ1n) is 8.58. The predicted molar refractivity (Wildman–Crippen MR) is 80.9 cm³/mol. The Balaban J connectivity index is 1.36. The highest BCUT2D eigenvalue weighted by Gasteiger charge is 2.32. The maximum absolute atomic E-state index is 12.2. The summed E-state index contributed by atoms with van der Waals surface area (Å²) in [5, 5.41) is 6.14. The van der Waals surface area contributed by atoms with Gasteiger partial charge in [0.15, 0.2) is 0 Å². The maximum atomic E-state index is 12.2. The number of carbonyl (C=O) groups is 2. The molecule has 0 radical (unpaired) electrons. The molecule has 0 aromatic carbocycles. The van der Waals surface area contributed by atoms with Crippen LogP contribution in [0, 0.1) is 5.92 Å². The van der Waals surface area contributed by atoms with Crippen LogP contribution < -0.4 is 10.6 Å². The van der Waals surface area contributed by atoms with Crippen LogP contribution in [0.1, 0.15) is 57.8 Å². The molecule has 2 saturated carbocycles. The van der Waals surface area contributed by atoms with Crippen molar-refractivity contribution < 1.29 is 9.59 Å². The normalized spacial score (nSPS) is 24.7. The molecule has 2 aliphatic carbocycles. The van der Waals surface area contributed by atoms with Crippen LogP contribution in [0.3, 0.4) is 0 Å². The number of nitrogens with zero attached hydrogens (tertiary/aromatic N) is 1. The summed E-state index contributed by atoms with van der Waals surface area (Å²) < 4.78 is 0. The number of rotatable bonds is 3. The summed E-state index contributed by atoms with van der Waals surface area (Å²) >= 11 is 0. The average molecular weight is 293 g/mol. The van der Waals surface area contributed by atoms with E-state index in [4.69, 9.17) is 0 Å². The van der Waals surface area contributed by atoms with E-state index in [2.05, 4.69) is 10.6 Å². The lowest BCUT2D eigenvalue weighted by atomic mass is 9.84. The lowest BCUT2D eigenvalue weighted by Crippen LogP contribution is -2.51. The van der Waals surface area contributed by atoms with Crippen molar-refractivity contribution in [2.24, 2.45) is 5.92 Å². The van der Waals surface area contributed by atoms with Gasteiger partial charge in [0.1, 0.15) is 0 Å². The van der Waals surface area contributed by atoms with Gasteiger partial charge in [-0.1, -0.05) is 19.3 Å². The number of likely N-dealkylation sites (tertiary alicyclic amines) is 1. The quantitative estimate of drug-likeness (QED) is 0.836. The fourth-order valence-electron chi connectivity index (χ4n) is 3.64. The average Bonchev–Trinajstić information content (AvgIpc) is 2.90. The van der Waals surface area contributed by atoms with Crippen molar-refractivity contribution in [3.05, 3.63) is 0 Å². The number of hydrogen-bond donors (Lipinski definition) is 2. The molecule has 0 unspecified atom stereocenters. The third kappa shape index (κ3) is 3.69. The standard InChI is InChI=1S/C16H27N3O2/c20-15(12-4-3-5-12)19-10-8-14(9-11-19)18-16(21)17-13-6-1-2-7-13/h12-14H,1-11H2,(H2,17,18,21). The van der Waals surface area contributed by atoms with Crippen LogP contribution in [0.2, 0.25) is 0 Å². The van der Waals surface area contributed by atoms with Crippen LogP contribution in [-0.4, -0.2) is 42.0 Å². The Hall–Kier alpha value is -1.26. The van der Waals surface area contributed by atoms with Crippen molar-refractivity contribution in [1.29, 1.82) is 0 Å². The van der Waals surface area contributed by atoms with Gasteiger partial charge in [0.2, 0.25) is 5.91 Å². The number of nitrogens with one attached hydrogen (secondary N) is 2. The number of urea groups is 1. The zero-order valence-electron chi connectivity index (χ0n) is 12.8. The summed E-state index contributed by atoms with van der Waals surface area (Å²) in [5.74, 6) is 0.635. The number of amides is 3. The molecule has 5 nitrogen and oxygen atoms in total. The molecule has 1 aliphatic heterocycles. The van der Waals surface area contributed by atoms with Gasteiger partial charge in [0, 0.05) is 31.1 Å². The Morgan fingerprint density at radius 2 is 1.33 bits per heavy atom. The van der Waals surface area contributed by atoms with E-state index < -0.39 is 0 Å². The fourth-order valence-corrected chi connectivity index (χ4v) is 3.64.